The van der Waals surface area contributed by atoms with E-state index < -0.39 is 36.1 Å². The number of amides is 1. The highest BCUT2D eigenvalue weighted by atomic mass is 16.6. The van der Waals surface area contributed by atoms with Crippen LogP contribution in [0.15, 0.2) is 91.0 Å². The lowest BCUT2D eigenvalue weighted by atomic mass is 9.80. The summed E-state index contributed by atoms with van der Waals surface area (Å²) >= 11 is 0. The third-order valence-electron chi connectivity index (χ3n) is 7.78. The van der Waals surface area contributed by atoms with Crippen LogP contribution >= 0.6 is 0 Å². The molecule has 1 fully saturated rings. The van der Waals surface area contributed by atoms with Crippen molar-refractivity contribution in [3.05, 3.63) is 108 Å². The summed E-state index contributed by atoms with van der Waals surface area (Å²) in [6.45, 7) is 6.61. The minimum atomic E-state index is -1.19. The van der Waals surface area contributed by atoms with Crippen LogP contribution in [0.4, 0.5) is 0 Å². The molecule has 4 rings (SSSR count). The molecule has 3 aromatic carbocycles. The first-order chi connectivity index (χ1) is 19.9. The van der Waals surface area contributed by atoms with E-state index in [2.05, 4.69) is 5.32 Å². The summed E-state index contributed by atoms with van der Waals surface area (Å²) in [4.78, 5) is 12.5. The van der Waals surface area contributed by atoms with Gasteiger partial charge in [0.1, 0.15) is 24.4 Å². The summed E-state index contributed by atoms with van der Waals surface area (Å²) in [5.74, 6) is -0.230. The van der Waals surface area contributed by atoms with Crippen molar-refractivity contribution in [2.45, 2.75) is 89.5 Å². The molecule has 1 amide bonds. The second kappa shape index (κ2) is 15.2. The number of carbonyl (C=O) groups excluding carboxylic acids is 1. The molecule has 0 bridgehead atoms. The van der Waals surface area contributed by atoms with Crippen molar-refractivity contribution in [1.82, 2.24) is 5.32 Å². The number of hydrogen-bond donors (Lipinski definition) is 2. The molecule has 0 aliphatic carbocycles. The van der Waals surface area contributed by atoms with Gasteiger partial charge in [-0.25, -0.2) is 0 Å². The third kappa shape index (κ3) is 8.47. The average Bonchev–Trinajstić information content (AvgIpc) is 3.01. The Bertz CT molecular complexity index is 1170. The van der Waals surface area contributed by atoms with Crippen LogP contribution in [-0.4, -0.2) is 53.7 Å². The number of carbonyl (C=O) groups is 1. The summed E-state index contributed by atoms with van der Waals surface area (Å²) in [7, 11) is 0. The zero-order valence-corrected chi connectivity index (χ0v) is 24.3. The lowest BCUT2D eigenvalue weighted by Crippen LogP contribution is -2.70. The Morgan fingerprint density at radius 2 is 1.24 bits per heavy atom. The van der Waals surface area contributed by atoms with Crippen molar-refractivity contribution in [2.24, 2.45) is 0 Å². The summed E-state index contributed by atoms with van der Waals surface area (Å²) in [5, 5.41) is 14.8. The van der Waals surface area contributed by atoms with Crippen molar-refractivity contribution in [3.8, 4) is 0 Å². The molecule has 5 atom stereocenters. The number of benzene rings is 3. The topological polar surface area (TPSA) is 86.2 Å². The van der Waals surface area contributed by atoms with Crippen LogP contribution in [0.3, 0.4) is 0 Å². The molecule has 7 heteroatoms. The Morgan fingerprint density at radius 1 is 0.780 bits per heavy atom. The van der Waals surface area contributed by atoms with Crippen LogP contribution in [0.2, 0.25) is 0 Å². The van der Waals surface area contributed by atoms with E-state index in [9.17, 15) is 9.90 Å². The SMILES string of the molecule is CCC(O)(CC)[C@H]1O[C@H](COCc2ccccc2)[C@@H](OCc2ccccc2)[C@H](OCc2ccccc2)[C@H]1NC(C)=O. The van der Waals surface area contributed by atoms with Crippen molar-refractivity contribution in [1.29, 1.82) is 0 Å². The van der Waals surface area contributed by atoms with Crippen molar-refractivity contribution in [3.63, 3.8) is 0 Å². The Balaban J connectivity index is 1.67. The maximum atomic E-state index is 12.5. The maximum absolute atomic E-state index is 12.5. The largest absolute Gasteiger partial charge is 0.387 e. The van der Waals surface area contributed by atoms with E-state index in [1.165, 1.54) is 6.92 Å². The fraction of sp³-hybridized carbons (Fsp3) is 0.441. The van der Waals surface area contributed by atoms with Gasteiger partial charge in [-0.3, -0.25) is 4.79 Å². The molecule has 0 unspecified atom stereocenters. The van der Waals surface area contributed by atoms with Gasteiger partial charge in [-0.05, 0) is 29.5 Å². The Kier molecular flexibility index (Phi) is 11.5. The predicted molar refractivity (Wildman–Crippen MR) is 158 cm³/mol. The number of rotatable bonds is 14. The molecule has 1 aliphatic heterocycles. The zero-order chi connectivity index (χ0) is 29.1. The van der Waals surface area contributed by atoms with E-state index in [1.54, 1.807) is 0 Å². The average molecular weight is 562 g/mol. The minimum Gasteiger partial charge on any atom is -0.387 e. The Hall–Kier alpha value is -3.07. The predicted octanol–water partition coefficient (Wildman–Crippen LogP) is 5.20. The van der Waals surface area contributed by atoms with E-state index in [1.807, 2.05) is 105 Å². The molecule has 3 aromatic rings. The van der Waals surface area contributed by atoms with Crippen molar-refractivity contribution < 1.29 is 28.8 Å². The fourth-order valence-electron chi connectivity index (χ4n) is 5.38. The number of hydrogen-bond acceptors (Lipinski definition) is 6. The lowest BCUT2D eigenvalue weighted by molar-refractivity contribution is -0.265. The smallest absolute Gasteiger partial charge is 0.217 e. The summed E-state index contributed by atoms with van der Waals surface area (Å²) < 4.78 is 26.0. The summed E-state index contributed by atoms with van der Waals surface area (Å²) in [6, 6.07) is 29.1. The first kappa shape index (κ1) is 30.9. The number of nitrogens with one attached hydrogen (secondary N) is 1. The first-order valence-corrected chi connectivity index (χ1v) is 14.5. The van der Waals surface area contributed by atoms with Gasteiger partial charge in [0.25, 0.3) is 0 Å². The van der Waals surface area contributed by atoms with Crippen LogP contribution in [0.5, 0.6) is 0 Å². The van der Waals surface area contributed by atoms with Crippen LogP contribution in [0.25, 0.3) is 0 Å². The number of ether oxygens (including phenoxy) is 4. The molecule has 220 valence electrons. The van der Waals surface area contributed by atoms with Gasteiger partial charge in [0.2, 0.25) is 5.91 Å². The van der Waals surface area contributed by atoms with Crippen molar-refractivity contribution in [2.75, 3.05) is 6.61 Å². The molecule has 0 aromatic heterocycles. The highest BCUT2D eigenvalue weighted by Crippen LogP contribution is 2.36. The van der Waals surface area contributed by atoms with Gasteiger partial charge in [-0.15, -0.1) is 0 Å². The van der Waals surface area contributed by atoms with Gasteiger partial charge in [-0.1, -0.05) is 105 Å². The lowest BCUT2D eigenvalue weighted by Gasteiger charge is -2.51. The van der Waals surface area contributed by atoms with E-state index >= 15 is 0 Å². The second-order valence-corrected chi connectivity index (χ2v) is 10.7. The fourth-order valence-corrected chi connectivity index (χ4v) is 5.38. The van der Waals surface area contributed by atoms with Crippen LogP contribution < -0.4 is 5.32 Å². The van der Waals surface area contributed by atoms with Crippen LogP contribution in [-0.2, 0) is 43.6 Å². The molecule has 1 aliphatic rings. The normalized spacial score (nSPS) is 22.8. The van der Waals surface area contributed by atoms with Crippen molar-refractivity contribution >= 4 is 5.91 Å². The quantitative estimate of drug-likeness (QED) is 0.282. The third-order valence-corrected chi connectivity index (χ3v) is 7.78. The standard InChI is InChI=1S/C34H43NO6/c1-4-34(37,5-2)33-30(35-25(3)36)32(40-23-28-19-13-8-14-20-28)31(39-22-27-17-11-7-12-18-27)29(41-33)24-38-21-26-15-9-6-10-16-26/h6-20,29-33,37H,4-5,21-24H2,1-3H3,(H,35,36)/t29-,30-,31-,32-,33+/m1/s1. The van der Waals surface area contributed by atoms with Crippen LogP contribution in [0, 0.1) is 0 Å². The van der Waals surface area contributed by atoms with Gasteiger partial charge in [-0.2, -0.15) is 0 Å². The number of aliphatic hydroxyl groups is 1. The van der Waals surface area contributed by atoms with E-state index in [0.717, 1.165) is 16.7 Å². The van der Waals surface area contributed by atoms with Gasteiger partial charge >= 0.3 is 0 Å². The van der Waals surface area contributed by atoms with Gasteiger partial charge in [0, 0.05) is 6.92 Å². The van der Waals surface area contributed by atoms with E-state index in [4.69, 9.17) is 18.9 Å². The highest BCUT2D eigenvalue weighted by molar-refractivity contribution is 5.73. The molecule has 2 N–H and O–H groups in total. The minimum absolute atomic E-state index is 0.229. The van der Waals surface area contributed by atoms with E-state index in [0.29, 0.717) is 32.7 Å². The molecular weight excluding hydrogens is 518 g/mol. The molecular formula is C34H43NO6. The molecule has 0 radical (unpaired) electrons. The zero-order valence-electron chi connectivity index (χ0n) is 24.3. The molecule has 1 heterocycles. The highest BCUT2D eigenvalue weighted by Gasteiger charge is 2.54. The Labute approximate surface area is 243 Å². The second-order valence-electron chi connectivity index (χ2n) is 10.7. The molecule has 7 nitrogen and oxygen atoms in total. The first-order valence-electron chi connectivity index (χ1n) is 14.5. The molecule has 0 saturated carbocycles. The van der Waals surface area contributed by atoms with Gasteiger partial charge in [0.05, 0.1) is 38.1 Å². The summed E-state index contributed by atoms with van der Waals surface area (Å²) in [6.07, 6.45) is -1.59. The molecule has 0 spiro atoms. The van der Waals surface area contributed by atoms with Gasteiger partial charge < -0.3 is 29.4 Å². The van der Waals surface area contributed by atoms with Gasteiger partial charge in [0.15, 0.2) is 0 Å². The van der Waals surface area contributed by atoms with E-state index in [-0.39, 0.29) is 12.5 Å². The molecule has 1 saturated heterocycles. The summed E-state index contributed by atoms with van der Waals surface area (Å²) in [5.41, 5.74) is 1.86. The maximum Gasteiger partial charge on any atom is 0.217 e. The molecule has 41 heavy (non-hydrogen) atoms. The monoisotopic (exact) mass is 561 g/mol. The van der Waals surface area contributed by atoms with Crippen LogP contribution in [0.1, 0.15) is 50.3 Å². The Morgan fingerprint density at radius 3 is 1.71 bits per heavy atom.